The van der Waals surface area contributed by atoms with Gasteiger partial charge < -0.3 is 11.1 Å². The zero-order chi connectivity index (χ0) is 10.1. The minimum atomic E-state index is 0.402. The van der Waals surface area contributed by atoms with Crippen molar-refractivity contribution >= 4 is 0 Å². The van der Waals surface area contributed by atoms with Crippen LogP contribution in [0.15, 0.2) is 0 Å². The lowest BCUT2D eigenvalue weighted by atomic mass is 10.1. The normalized spacial score (nSPS) is 13.6. The third kappa shape index (κ3) is 9.84. The van der Waals surface area contributed by atoms with E-state index >= 15 is 0 Å². The van der Waals surface area contributed by atoms with E-state index in [-0.39, 0.29) is 0 Å². The second-order valence-corrected chi connectivity index (χ2v) is 4.29. The van der Waals surface area contributed by atoms with Crippen molar-refractivity contribution in [3.05, 3.63) is 0 Å². The van der Waals surface area contributed by atoms with Crippen LogP contribution in [0.4, 0.5) is 0 Å². The lowest BCUT2D eigenvalue weighted by Gasteiger charge is -2.12. The van der Waals surface area contributed by atoms with Crippen LogP contribution < -0.4 is 11.1 Å². The molecule has 2 heteroatoms. The minimum Gasteiger partial charge on any atom is -0.328 e. The summed E-state index contributed by atoms with van der Waals surface area (Å²) < 4.78 is 0. The topological polar surface area (TPSA) is 38.0 Å². The summed E-state index contributed by atoms with van der Waals surface area (Å²) >= 11 is 0. The maximum Gasteiger partial charge on any atom is 0.00509 e. The van der Waals surface area contributed by atoms with E-state index in [1.54, 1.807) is 0 Å². The highest BCUT2D eigenvalue weighted by molar-refractivity contribution is 4.63. The number of unbranched alkanes of at least 4 members (excludes halogenated alkanes) is 1. The van der Waals surface area contributed by atoms with E-state index in [9.17, 15) is 0 Å². The van der Waals surface area contributed by atoms with Gasteiger partial charge in [-0.2, -0.15) is 0 Å². The molecule has 0 rings (SSSR count). The van der Waals surface area contributed by atoms with E-state index in [2.05, 4.69) is 26.1 Å². The quantitative estimate of drug-likeness (QED) is 0.570. The monoisotopic (exact) mass is 186 g/mol. The van der Waals surface area contributed by atoms with Crippen LogP contribution in [0.25, 0.3) is 0 Å². The maximum absolute atomic E-state index is 5.94. The molecule has 2 nitrogen and oxygen atoms in total. The Morgan fingerprint density at radius 3 is 2.46 bits per heavy atom. The zero-order valence-electron chi connectivity index (χ0n) is 9.47. The summed E-state index contributed by atoms with van der Waals surface area (Å²) in [5.74, 6) is 0.742. The molecule has 0 aromatic heterocycles. The molecule has 0 aliphatic rings. The standard InChI is InChI=1S/C11H26N2/c1-4-5-6-11(12)7-8-13-9-10(2)3/h10-11,13H,4-9,12H2,1-3H3/t11-/m1/s1. The third-order valence-electron chi connectivity index (χ3n) is 2.17. The molecule has 3 N–H and O–H groups in total. The Balaban J connectivity index is 3.12. The number of nitrogens with two attached hydrogens (primary N) is 1. The Morgan fingerprint density at radius 2 is 1.92 bits per heavy atom. The Kier molecular flexibility index (Phi) is 8.46. The van der Waals surface area contributed by atoms with Crippen LogP contribution in [-0.4, -0.2) is 19.1 Å². The van der Waals surface area contributed by atoms with Crippen LogP contribution in [0.3, 0.4) is 0 Å². The fourth-order valence-corrected chi connectivity index (χ4v) is 1.29. The fourth-order valence-electron chi connectivity index (χ4n) is 1.29. The Morgan fingerprint density at radius 1 is 1.23 bits per heavy atom. The highest BCUT2D eigenvalue weighted by Gasteiger charge is 2.01. The van der Waals surface area contributed by atoms with Crippen molar-refractivity contribution in [2.24, 2.45) is 11.7 Å². The van der Waals surface area contributed by atoms with Crippen molar-refractivity contribution < 1.29 is 0 Å². The highest BCUT2D eigenvalue weighted by Crippen LogP contribution is 2.00. The van der Waals surface area contributed by atoms with Gasteiger partial charge in [-0.05, 0) is 31.8 Å². The minimum absolute atomic E-state index is 0.402. The second-order valence-electron chi connectivity index (χ2n) is 4.29. The molecule has 0 fully saturated rings. The molecule has 0 unspecified atom stereocenters. The molecule has 0 amide bonds. The first-order valence-corrected chi connectivity index (χ1v) is 5.63. The molecule has 1 atom stereocenters. The number of hydrogen-bond donors (Lipinski definition) is 2. The van der Waals surface area contributed by atoms with E-state index < -0.39 is 0 Å². The smallest absolute Gasteiger partial charge is 0.00509 e. The zero-order valence-corrected chi connectivity index (χ0v) is 9.47. The molecular formula is C11H26N2. The SMILES string of the molecule is CCCC[C@@H](N)CCNCC(C)C. The van der Waals surface area contributed by atoms with Gasteiger partial charge in [-0.15, -0.1) is 0 Å². The summed E-state index contributed by atoms with van der Waals surface area (Å²) in [7, 11) is 0. The third-order valence-corrected chi connectivity index (χ3v) is 2.17. The van der Waals surface area contributed by atoms with Gasteiger partial charge in [0.25, 0.3) is 0 Å². The number of nitrogens with one attached hydrogen (secondary N) is 1. The van der Waals surface area contributed by atoms with Gasteiger partial charge in [0.2, 0.25) is 0 Å². The maximum atomic E-state index is 5.94. The van der Waals surface area contributed by atoms with Crippen molar-refractivity contribution in [1.82, 2.24) is 5.32 Å². The molecule has 0 aromatic carbocycles. The van der Waals surface area contributed by atoms with Crippen LogP contribution >= 0.6 is 0 Å². The molecule has 0 radical (unpaired) electrons. The molecule has 0 aromatic rings. The molecule has 0 aliphatic heterocycles. The first-order chi connectivity index (χ1) is 6.16. The van der Waals surface area contributed by atoms with Gasteiger partial charge in [-0.25, -0.2) is 0 Å². The molecule has 80 valence electrons. The predicted octanol–water partition coefficient (Wildman–Crippen LogP) is 2.14. The highest BCUT2D eigenvalue weighted by atomic mass is 14.9. The van der Waals surface area contributed by atoms with Crippen LogP contribution in [0, 0.1) is 5.92 Å². The van der Waals surface area contributed by atoms with Gasteiger partial charge in [0.15, 0.2) is 0 Å². The summed E-state index contributed by atoms with van der Waals surface area (Å²) in [6.45, 7) is 8.85. The van der Waals surface area contributed by atoms with Gasteiger partial charge in [0, 0.05) is 6.04 Å². The van der Waals surface area contributed by atoms with Crippen LogP contribution in [0.5, 0.6) is 0 Å². The number of rotatable bonds is 8. The van der Waals surface area contributed by atoms with E-state index in [0.29, 0.717) is 6.04 Å². The van der Waals surface area contributed by atoms with Gasteiger partial charge >= 0.3 is 0 Å². The average Bonchev–Trinajstić information content (AvgIpc) is 2.08. The molecule has 0 saturated carbocycles. The van der Waals surface area contributed by atoms with Crippen LogP contribution in [0.1, 0.15) is 46.5 Å². The fraction of sp³-hybridized carbons (Fsp3) is 1.00. The van der Waals surface area contributed by atoms with Crippen molar-refractivity contribution in [2.75, 3.05) is 13.1 Å². The molecule has 13 heavy (non-hydrogen) atoms. The van der Waals surface area contributed by atoms with E-state index in [1.807, 2.05) is 0 Å². The van der Waals surface area contributed by atoms with Crippen molar-refractivity contribution in [3.8, 4) is 0 Å². The Bertz CT molecular complexity index is 102. The Labute approximate surface area is 83.3 Å². The van der Waals surface area contributed by atoms with Gasteiger partial charge in [-0.3, -0.25) is 0 Å². The first kappa shape index (κ1) is 12.9. The lowest BCUT2D eigenvalue weighted by molar-refractivity contribution is 0.488. The van der Waals surface area contributed by atoms with Crippen LogP contribution in [0.2, 0.25) is 0 Å². The Hall–Kier alpha value is -0.0800. The largest absolute Gasteiger partial charge is 0.328 e. The summed E-state index contributed by atoms with van der Waals surface area (Å²) in [4.78, 5) is 0. The average molecular weight is 186 g/mol. The molecule has 0 bridgehead atoms. The lowest BCUT2D eigenvalue weighted by Crippen LogP contribution is -2.28. The summed E-state index contributed by atoms with van der Waals surface area (Å²) in [5.41, 5.74) is 5.94. The summed E-state index contributed by atoms with van der Waals surface area (Å²) in [6.07, 6.45) is 4.82. The van der Waals surface area contributed by atoms with Gasteiger partial charge in [0.05, 0.1) is 0 Å². The van der Waals surface area contributed by atoms with Crippen LogP contribution in [-0.2, 0) is 0 Å². The molecule has 0 heterocycles. The van der Waals surface area contributed by atoms with E-state index in [0.717, 1.165) is 25.4 Å². The van der Waals surface area contributed by atoms with Gasteiger partial charge in [-0.1, -0.05) is 33.6 Å². The molecule has 0 aliphatic carbocycles. The second kappa shape index (κ2) is 8.52. The number of hydrogen-bond acceptors (Lipinski definition) is 2. The first-order valence-electron chi connectivity index (χ1n) is 5.63. The molecule has 0 saturated heterocycles. The van der Waals surface area contributed by atoms with E-state index in [4.69, 9.17) is 5.73 Å². The van der Waals surface area contributed by atoms with Gasteiger partial charge in [0.1, 0.15) is 0 Å². The summed E-state index contributed by atoms with van der Waals surface area (Å²) in [5, 5.41) is 3.41. The summed E-state index contributed by atoms with van der Waals surface area (Å²) in [6, 6.07) is 0.402. The molecular weight excluding hydrogens is 160 g/mol. The molecule has 0 spiro atoms. The van der Waals surface area contributed by atoms with Crippen molar-refractivity contribution in [1.29, 1.82) is 0 Å². The van der Waals surface area contributed by atoms with Crippen molar-refractivity contribution in [3.63, 3.8) is 0 Å². The predicted molar refractivity (Wildman–Crippen MR) is 59.8 cm³/mol. The van der Waals surface area contributed by atoms with Crippen molar-refractivity contribution in [2.45, 2.75) is 52.5 Å². The van der Waals surface area contributed by atoms with E-state index in [1.165, 1.54) is 19.3 Å².